The van der Waals surface area contributed by atoms with Gasteiger partial charge in [0.2, 0.25) is 0 Å². The molecule has 2 aromatic carbocycles. The fraction of sp³-hybridized carbons (Fsp3) is 0.429. The molecule has 1 fully saturated rings. The van der Waals surface area contributed by atoms with Gasteiger partial charge in [0.25, 0.3) is 5.91 Å². The van der Waals surface area contributed by atoms with Crippen LogP contribution in [0.5, 0.6) is 11.5 Å². The number of rotatable bonds is 8. The number of nitrogens with zero attached hydrogens (tertiary/aromatic N) is 3. The molecule has 8 nitrogen and oxygen atoms in total. The second-order valence-electron chi connectivity index (χ2n) is 9.85. The summed E-state index contributed by atoms with van der Waals surface area (Å²) in [5, 5.41) is 28.0. The van der Waals surface area contributed by atoms with E-state index >= 15 is 0 Å². The molecular weight excluding hydrogens is 456 g/mol. The summed E-state index contributed by atoms with van der Waals surface area (Å²) < 4.78 is 5.69. The average molecular weight is 493 g/mol. The standard InChI is InChI=1S/C28H36N4O4/c1-5-10-29-28(35)26-25(20-8-6-19(7-9-20)17-32-13-11-31(4)12-14-32)27(36-30-26)22-15-21(18(2)3)23(33)16-24(22)34/h6-9,15-16,18,33-34H,5,10-14,17H2,1-4H3,(H,29,35). The van der Waals surface area contributed by atoms with Gasteiger partial charge < -0.3 is 25.0 Å². The molecule has 1 amide bonds. The van der Waals surface area contributed by atoms with E-state index in [0.717, 1.165) is 44.7 Å². The summed E-state index contributed by atoms with van der Waals surface area (Å²) in [5.41, 5.74) is 3.70. The Bertz CT molecular complexity index is 1200. The molecule has 0 aliphatic carbocycles. The summed E-state index contributed by atoms with van der Waals surface area (Å²) in [5.74, 6) is -0.131. The van der Waals surface area contributed by atoms with E-state index in [2.05, 4.69) is 39.5 Å². The second kappa shape index (κ2) is 11.1. The second-order valence-corrected chi connectivity index (χ2v) is 9.85. The number of carbonyl (C=O) groups excluding carboxylic acids is 1. The highest BCUT2D eigenvalue weighted by molar-refractivity contribution is 6.02. The van der Waals surface area contributed by atoms with Gasteiger partial charge in [-0.1, -0.05) is 50.2 Å². The van der Waals surface area contributed by atoms with E-state index in [1.807, 2.05) is 32.9 Å². The van der Waals surface area contributed by atoms with Gasteiger partial charge >= 0.3 is 0 Å². The van der Waals surface area contributed by atoms with Gasteiger partial charge in [0, 0.05) is 45.3 Å². The van der Waals surface area contributed by atoms with Crippen molar-refractivity contribution < 1.29 is 19.5 Å². The molecule has 0 radical (unpaired) electrons. The largest absolute Gasteiger partial charge is 0.508 e. The molecule has 0 atom stereocenters. The van der Waals surface area contributed by atoms with Crippen molar-refractivity contribution in [3.8, 4) is 33.9 Å². The number of carbonyl (C=O) groups is 1. The molecule has 2 heterocycles. The zero-order valence-electron chi connectivity index (χ0n) is 21.5. The monoisotopic (exact) mass is 492 g/mol. The summed E-state index contributed by atoms with van der Waals surface area (Å²) >= 11 is 0. The SMILES string of the molecule is CCCNC(=O)c1noc(-c2cc(C(C)C)c(O)cc2O)c1-c1ccc(CN2CCN(C)CC2)cc1. The maximum atomic E-state index is 13.0. The van der Waals surface area contributed by atoms with Crippen LogP contribution in [-0.4, -0.2) is 70.8 Å². The van der Waals surface area contributed by atoms with Crippen LogP contribution >= 0.6 is 0 Å². The third kappa shape index (κ3) is 5.55. The number of likely N-dealkylation sites (N-methyl/N-ethyl adjacent to an activating group) is 1. The van der Waals surface area contributed by atoms with E-state index in [1.54, 1.807) is 6.07 Å². The molecule has 192 valence electrons. The summed E-state index contributed by atoms with van der Waals surface area (Å²) in [6.07, 6.45) is 0.795. The number of hydrogen-bond donors (Lipinski definition) is 3. The lowest BCUT2D eigenvalue weighted by atomic mass is 9.94. The number of piperazine rings is 1. The minimum atomic E-state index is -0.328. The molecular formula is C28H36N4O4. The Balaban J connectivity index is 1.73. The summed E-state index contributed by atoms with van der Waals surface area (Å²) in [6.45, 7) is 11.5. The van der Waals surface area contributed by atoms with E-state index in [0.29, 0.717) is 29.0 Å². The Morgan fingerprint density at radius 1 is 1.08 bits per heavy atom. The van der Waals surface area contributed by atoms with Crippen molar-refractivity contribution in [1.82, 2.24) is 20.3 Å². The predicted octanol–water partition coefficient (Wildman–Crippen LogP) is 4.43. The predicted molar refractivity (Wildman–Crippen MR) is 140 cm³/mol. The first-order valence-corrected chi connectivity index (χ1v) is 12.6. The van der Waals surface area contributed by atoms with E-state index in [4.69, 9.17) is 4.52 Å². The van der Waals surface area contributed by atoms with Crippen molar-refractivity contribution in [1.29, 1.82) is 0 Å². The number of nitrogens with one attached hydrogen (secondary N) is 1. The normalized spacial score (nSPS) is 14.9. The zero-order chi connectivity index (χ0) is 25.8. The third-order valence-electron chi connectivity index (χ3n) is 6.70. The van der Waals surface area contributed by atoms with Crippen LogP contribution in [-0.2, 0) is 6.54 Å². The van der Waals surface area contributed by atoms with E-state index < -0.39 is 0 Å². The number of amides is 1. The quantitative estimate of drug-likeness (QED) is 0.428. The third-order valence-corrected chi connectivity index (χ3v) is 6.70. The van der Waals surface area contributed by atoms with Gasteiger partial charge in [-0.3, -0.25) is 9.69 Å². The maximum Gasteiger partial charge on any atom is 0.274 e. The Hall–Kier alpha value is -3.36. The molecule has 0 bridgehead atoms. The van der Waals surface area contributed by atoms with Crippen LogP contribution in [0.15, 0.2) is 40.9 Å². The van der Waals surface area contributed by atoms with Gasteiger partial charge in [-0.25, -0.2) is 0 Å². The van der Waals surface area contributed by atoms with Crippen LogP contribution in [0, 0.1) is 0 Å². The van der Waals surface area contributed by atoms with Crippen molar-refractivity contribution in [2.24, 2.45) is 0 Å². The van der Waals surface area contributed by atoms with Gasteiger partial charge in [-0.2, -0.15) is 0 Å². The average Bonchev–Trinajstić information content (AvgIpc) is 3.29. The molecule has 1 aliphatic rings. The molecule has 1 aromatic heterocycles. The smallest absolute Gasteiger partial charge is 0.274 e. The minimum Gasteiger partial charge on any atom is -0.508 e. The first kappa shape index (κ1) is 25.7. The summed E-state index contributed by atoms with van der Waals surface area (Å²) in [4.78, 5) is 17.7. The highest BCUT2D eigenvalue weighted by Crippen LogP contribution is 2.43. The van der Waals surface area contributed by atoms with Crippen LogP contribution < -0.4 is 5.32 Å². The lowest BCUT2D eigenvalue weighted by Crippen LogP contribution is -2.43. The zero-order valence-corrected chi connectivity index (χ0v) is 21.5. The molecule has 0 saturated carbocycles. The number of hydrogen-bond acceptors (Lipinski definition) is 7. The number of aromatic hydroxyl groups is 2. The Morgan fingerprint density at radius 2 is 1.78 bits per heavy atom. The minimum absolute atomic E-state index is 0.0153. The Labute approximate surface area is 212 Å². The highest BCUT2D eigenvalue weighted by Gasteiger charge is 2.27. The van der Waals surface area contributed by atoms with E-state index in [9.17, 15) is 15.0 Å². The lowest BCUT2D eigenvalue weighted by molar-refractivity contribution is 0.0945. The molecule has 0 unspecified atom stereocenters. The van der Waals surface area contributed by atoms with E-state index in [-0.39, 0.29) is 29.0 Å². The van der Waals surface area contributed by atoms with Gasteiger partial charge in [0.1, 0.15) is 11.5 Å². The van der Waals surface area contributed by atoms with Crippen LogP contribution in [0.25, 0.3) is 22.5 Å². The molecule has 3 N–H and O–H groups in total. The molecule has 1 aliphatic heterocycles. The Morgan fingerprint density at radius 3 is 2.42 bits per heavy atom. The van der Waals surface area contributed by atoms with E-state index in [1.165, 1.54) is 11.6 Å². The van der Waals surface area contributed by atoms with Crippen LogP contribution in [0.4, 0.5) is 0 Å². The summed E-state index contributed by atoms with van der Waals surface area (Å²) in [6, 6.07) is 11.1. The van der Waals surface area contributed by atoms with Crippen molar-refractivity contribution >= 4 is 5.91 Å². The van der Waals surface area contributed by atoms with Crippen LogP contribution in [0.2, 0.25) is 0 Å². The molecule has 0 spiro atoms. The fourth-order valence-corrected chi connectivity index (χ4v) is 4.50. The Kier molecular flexibility index (Phi) is 7.96. The van der Waals surface area contributed by atoms with Gasteiger partial charge in [0.15, 0.2) is 11.5 Å². The number of benzene rings is 2. The van der Waals surface area contributed by atoms with Crippen molar-refractivity contribution in [3.05, 3.63) is 53.2 Å². The molecule has 8 heteroatoms. The molecule has 4 rings (SSSR count). The topological polar surface area (TPSA) is 102 Å². The van der Waals surface area contributed by atoms with Gasteiger partial charge in [-0.15, -0.1) is 0 Å². The molecule has 1 saturated heterocycles. The van der Waals surface area contributed by atoms with Crippen LogP contribution in [0.1, 0.15) is 54.7 Å². The van der Waals surface area contributed by atoms with Gasteiger partial charge in [-0.05, 0) is 42.1 Å². The molecule has 3 aromatic rings. The maximum absolute atomic E-state index is 13.0. The van der Waals surface area contributed by atoms with Crippen molar-refractivity contribution in [2.75, 3.05) is 39.8 Å². The molecule has 36 heavy (non-hydrogen) atoms. The first-order chi connectivity index (χ1) is 17.3. The van der Waals surface area contributed by atoms with Crippen molar-refractivity contribution in [2.45, 2.75) is 39.7 Å². The van der Waals surface area contributed by atoms with Gasteiger partial charge in [0.05, 0.1) is 11.1 Å². The first-order valence-electron chi connectivity index (χ1n) is 12.6. The van der Waals surface area contributed by atoms with Crippen LogP contribution in [0.3, 0.4) is 0 Å². The highest BCUT2D eigenvalue weighted by atomic mass is 16.5. The number of phenols is 2. The number of phenolic OH excluding ortho intramolecular Hbond substituents is 2. The lowest BCUT2D eigenvalue weighted by Gasteiger charge is -2.32. The fourth-order valence-electron chi connectivity index (χ4n) is 4.50. The number of aromatic nitrogens is 1. The van der Waals surface area contributed by atoms with Crippen molar-refractivity contribution in [3.63, 3.8) is 0 Å². The summed E-state index contributed by atoms with van der Waals surface area (Å²) in [7, 11) is 2.15.